The highest BCUT2D eigenvalue weighted by Crippen LogP contribution is 2.20. The topological polar surface area (TPSA) is 89.9 Å². The Bertz CT molecular complexity index is 521. The van der Waals surface area contributed by atoms with Crippen LogP contribution in [0.2, 0.25) is 0 Å². The minimum absolute atomic E-state index is 0.252. The lowest BCUT2D eigenvalue weighted by atomic mass is 9.91. The van der Waals surface area contributed by atoms with Crippen molar-refractivity contribution in [3.05, 3.63) is 0 Å². The highest BCUT2D eigenvalue weighted by Gasteiger charge is 2.12. The number of rotatable bonds is 17. The zero-order valence-electron chi connectivity index (χ0n) is 19.5. The summed E-state index contributed by atoms with van der Waals surface area (Å²) in [7, 11) is 0. The smallest absolute Gasteiger partial charge is 0.0913 e. The van der Waals surface area contributed by atoms with Crippen molar-refractivity contribution in [3.63, 3.8) is 0 Å². The van der Waals surface area contributed by atoms with Crippen LogP contribution in [0.4, 0.5) is 0 Å². The number of aliphatic hydroxyl groups is 2. The molecule has 0 aromatic rings. The Hall–Kier alpha value is -1.40. The molecule has 0 unspecified atom stereocenters. The van der Waals surface area contributed by atoms with Crippen LogP contribution in [0.25, 0.3) is 0 Å². The number of hydrogen-bond donors (Lipinski definition) is 2. The molecule has 6 heteroatoms. The van der Waals surface area contributed by atoms with Gasteiger partial charge in [-0.3, -0.25) is 0 Å². The summed E-state index contributed by atoms with van der Waals surface area (Å²) >= 11 is 0. The van der Waals surface area contributed by atoms with E-state index < -0.39 is 0 Å². The summed E-state index contributed by atoms with van der Waals surface area (Å²) in [6.07, 6.45) is 13.3. The maximum absolute atomic E-state index is 9.00. The molecular weight excluding hydrogens is 364 g/mol. The van der Waals surface area contributed by atoms with Gasteiger partial charge in [0.25, 0.3) is 0 Å². The molecular formula is C23H44N4O2. The first-order chi connectivity index (χ1) is 14.0. The Morgan fingerprint density at radius 1 is 0.655 bits per heavy atom. The number of hydrogen-bond acceptors (Lipinski definition) is 6. The Morgan fingerprint density at radius 3 is 1.59 bits per heavy atom. The molecule has 0 atom stereocenters. The summed E-state index contributed by atoms with van der Waals surface area (Å²) in [4.78, 5) is 0. The van der Waals surface area contributed by atoms with Crippen LogP contribution in [0.15, 0.2) is 20.4 Å². The van der Waals surface area contributed by atoms with Crippen LogP contribution in [0.3, 0.4) is 0 Å². The average molecular weight is 409 g/mol. The average Bonchev–Trinajstić information content (AvgIpc) is 2.71. The van der Waals surface area contributed by atoms with Crippen molar-refractivity contribution in [2.75, 3.05) is 13.2 Å². The molecule has 0 aromatic carbocycles. The summed E-state index contributed by atoms with van der Waals surface area (Å²) in [6.45, 7) is 9.82. The van der Waals surface area contributed by atoms with Crippen molar-refractivity contribution in [2.24, 2.45) is 26.3 Å². The molecule has 0 heterocycles. The first-order valence-electron chi connectivity index (χ1n) is 11.4. The van der Waals surface area contributed by atoms with Crippen LogP contribution in [0.5, 0.6) is 0 Å². The van der Waals surface area contributed by atoms with Crippen molar-refractivity contribution in [3.8, 4) is 0 Å². The van der Waals surface area contributed by atoms with Gasteiger partial charge in [0.15, 0.2) is 0 Å². The van der Waals surface area contributed by atoms with Crippen molar-refractivity contribution in [2.45, 2.75) is 105 Å². The molecule has 0 fully saturated rings. The predicted molar refractivity (Wildman–Crippen MR) is 127 cm³/mol. The number of nitrogens with zero attached hydrogens (tertiary/aromatic N) is 4. The van der Waals surface area contributed by atoms with Crippen molar-refractivity contribution >= 4 is 22.8 Å². The summed E-state index contributed by atoms with van der Waals surface area (Å²) < 4.78 is 0. The summed E-state index contributed by atoms with van der Waals surface area (Å²) in [6, 6.07) is 0. The molecule has 0 rings (SSSR count). The van der Waals surface area contributed by atoms with Crippen molar-refractivity contribution in [1.82, 2.24) is 0 Å². The Labute approximate surface area is 178 Å². The molecule has 0 saturated heterocycles. The normalized spacial score (nSPS) is 13.3. The van der Waals surface area contributed by atoms with Gasteiger partial charge < -0.3 is 10.2 Å². The van der Waals surface area contributed by atoms with Gasteiger partial charge in [0.05, 0.1) is 18.9 Å². The van der Waals surface area contributed by atoms with Crippen LogP contribution < -0.4 is 0 Å². The molecule has 0 saturated carbocycles. The molecule has 0 aliphatic heterocycles. The van der Waals surface area contributed by atoms with E-state index in [0.29, 0.717) is 12.3 Å². The van der Waals surface area contributed by atoms with Gasteiger partial charge in [-0.1, -0.05) is 65.2 Å². The second-order valence-electron chi connectivity index (χ2n) is 7.97. The lowest BCUT2D eigenvalue weighted by Crippen LogP contribution is -2.12. The van der Waals surface area contributed by atoms with Crippen molar-refractivity contribution < 1.29 is 10.2 Å². The van der Waals surface area contributed by atoms with Gasteiger partial charge in [-0.05, 0) is 39.5 Å². The quantitative estimate of drug-likeness (QED) is 0.187. The number of aliphatic hydroxyl groups excluding tert-OH is 2. The molecule has 0 bridgehead atoms. The fourth-order valence-electron chi connectivity index (χ4n) is 3.15. The molecule has 0 aliphatic carbocycles. The standard InChI is InChI=1S/C23H44N4O2/c1-6-8-10-12-14-22(15-13-11-9-7-2)21(5)26-24-19(3)16-20(4)25-27-23(17-28)18-29/h22,28-29H,6-18H2,1-5H3/b24-19+,25-20+,26-21+. The molecule has 6 nitrogen and oxygen atoms in total. The van der Waals surface area contributed by atoms with Crippen LogP contribution in [0, 0.1) is 5.92 Å². The minimum Gasteiger partial charge on any atom is -0.390 e. The third-order valence-electron chi connectivity index (χ3n) is 5.02. The first-order valence-corrected chi connectivity index (χ1v) is 11.4. The predicted octanol–water partition coefficient (Wildman–Crippen LogP) is 5.57. The van der Waals surface area contributed by atoms with Crippen LogP contribution >= 0.6 is 0 Å². The van der Waals surface area contributed by atoms with Gasteiger partial charge in [-0.15, -0.1) is 0 Å². The van der Waals surface area contributed by atoms with Gasteiger partial charge in [0.2, 0.25) is 0 Å². The zero-order valence-corrected chi connectivity index (χ0v) is 19.5. The summed E-state index contributed by atoms with van der Waals surface area (Å²) in [5.74, 6) is 0.524. The highest BCUT2D eigenvalue weighted by atomic mass is 16.3. The van der Waals surface area contributed by atoms with E-state index in [2.05, 4.69) is 41.2 Å². The Balaban J connectivity index is 4.88. The Morgan fingerprint density at radius 2 is 1.14 bits per heavy atom. The van der Waals surface area contributed by atoms with Gasteiger partial charge in [-0.2, -0.15) is 20.4 Å². The molecule has 2 N–H and O–H groups in total. The Kier molecular flexibility index (Phi) is 17.7. The van der Waals surface area contributed by atoms with E-state index in [1.807, 2.05) is 13.8 Å². The van der Waals surface area contributed by atoms with Gasteiger partial charge in [0.1, 0.15) is 0 Å². The van der Waals surface area contributed by atoms with E-state index in [-0.39, 0.29) is 18.9 Å². The minimum atomic E-state index is -0.290. The van der Waals surface area contributed by atoms with E-state index >= 15 is 0 Å². The summed E-state index contributed by atoms with van der Waals surface area (Å²) in [5.41, 5.74) is 3.04. The third-order valence-corrected chi connectivity index (χ3v) is 5.02. The van der Waals surface area contributed by atoms with Gasteiger partial charge in [-0.25, -0.2) is 0 Å². The molecule has 0 amide bonds. The molecule has 0 aromatic heterocycles. The number of unbranched alkanes of at least 4 members (excludes halogenated alkanes) is 6. The molecule has 29 heavy (non-hydrogen) atoms. The largest absolute Gasteiger partial charge is 0.390 e. The van der Waals surface area contributed by atoms with Crippen LogP contribution in [-0.4, -0.2) is 46.3 Å². The third kappa shape index (κ3) is 15.1. The highest BCUT2D eigenvalue weighted by molar-refractivity contribution is 6.02. The molecule has 168 valence electrons. The monoisotopic (exact) mass is 408 g/mol. The van der Waals surface area contributed by atoms with Crippen LogP contribution in [-0.2, 0) is 0 Å². The van der Waals surface area contributed by atoms with Gasteiger partial charge >= 0.3 is 0 Å². The van der Waals surface area contributed by atoms with E-state index in [1.54, 1.807) is 0 Å². The lowest BCUT2D eigenvalue weighted by molar-refractivity contribution is 0.319. The molecule has 0 radical (unpaired) electrons. The van der Waals surface area contributed by atoms with E-state index in [9.17, 15) is 0 Å². The van der Waals surface area contributed by atoms with E-state index in [1.165, 1.54) is 64.2 Å². The summed E-state index contributed by atoms with van der Waals surface area (Å²) in [5, 5.41) is 34.8. The SMILES string of the molecule is CCCCCCC(CCCCCC)/C(C)=N/N=C(\C)C/C(C)=N/N=C(CO)CO. The van der Waals surface area contributed by atoms with E-state index in [4.69, 9.17) is 10.2 Å². The van der Waals surface area contributed by atoms with Crippen LogP contribution in [0.1, 0.15) is 105 Å². The van der Waals surface area contributed by atoms with Gasteiger partial charge in [0, 0.05) is 23.6 Å². The molecule has 0 aliphatic rings. The van der Waals surface area contributed by atoms with Crippen molar-refractivity contribution in [1.29, 1.82) is 0 Å². The maximum atomic E-state index is 9.00. The first kappa shape index (κ1) is 27.6. The fraction of sp³-hybridized carbons (Fsp3) is 0.826. The van der Waals surface area contributed by atoms with E-state index in [0.717, 1.165) is 17.1 Å². The molecule has 0 spiro atoms. The maximum Gasteiger partial charge on any atom is 0.0913 e. The fourth-order valence-corrected chi connectivity index (χ4v) is 3.15. The second-order valence-corrected chi connectivity index (χ2v) is 7.97. The zero-order chi connectivity index (χ0) is 21.9. The second kappa shape index (κ2) is 18.6. The lowest BCUT2D eigenvalue weighted by Gasteiger charge is -2.16.